The van der Waals surface area contributed by atoms with Gasteiger partial charge in [0.05, 0.1) is 31.5 Å². The fraction of sp³-hybridized carbons (Fsp3) is 0.273. The standard InChI is InChI=1S/C22H20N4O5/c27-21(28)18-9-26(25-24-18)20-12-30-11-19(20)23-22(29)31-10-17-15-7-3-1-5-13(15)14-6-2-4-8-16(14)17/h1-9,17,19-20H,10-12H2,(H,23,29)(H,27,28)/t19-,20+/m0/s1. The van der Waals surface area contributed by atoms with Crippen molar-refractivity contribution >= 4 is 12.1 Å². The molecular formula is C22H20N4O5. The summed E-state index contributed by atoms with van der Waals surface area (Å²) in [5.74, 6) is -1.19. The molecule has 2 aliphatic rings. The molecule has 1 saturated heterocycles. The van der Waals surface area contributed by atoms with Crippen LogP contribution in [0.1, 0.15) is 33.6 Å². The predicted octanol–water partition coefficient (Wildman–Crippen LogP) is 2.45. The van der Waals surface area contributed by atoms with E-state index >= 15 is 0 Å². The Kier molecular flexibility index (Phi) is 4.87. The summed E-state index contributed by atoms with van der Waals surface area (Å²) in [6.07, 6.45) is 0.773. The van der Waals surface area contributed by atoms with Crippen LogP contribution in [-0.2, 0) is 9.47 Å². The Bertz CT molecular complexity index is 1100. The van der Waals surface area contributed by atoms with Crippen molar-refractivity contribution in [1.29, 1.82) is 0 Å². The minimum atomic E-state index is -1.16. The summed E-state index contributed by atoms with van der Waals surface area (Å²) in [4.78, 5) is 23.6. The zero-order valence-corrected chi connectivity index (χ0v) is 16.5. The molecule has 5 rings (SSSR count). The average Bonchev–Trinajstić information content (AvgIpc) is 3.50. The molecule has 2 aromatic carbocycles. The third-order valence-corrected chi connectivity index (χ3v) is 5.77. The van der Waals surface area contributed by atoms with E-state index in [-0.39, 0.29) is 37.5 Å². The Balaban J connectivity index is 1.25. The molecule has 1 fully saturated rings. The Morgan fingerprint density at radius 3 is 2.42 bits per heavy atom. The maximum absolute atomic E-state index is 12.5. The third-order valence-electron chi connectivity index (χ3n) is 5.77. The van der Waals surface area contributed by atoms with Gasteiger partial charge in [-0.2, -0.15) is 0 Å². The lowest BCUT2D eigenvalue weighted by Crippen LogP contribution is -2.41. The van der Waals surface area contributed by atoms with E-state index in [9.17, 15) is 9.59 Å². The number of carboxylic acids is 1. The van der Waals surface area contributed by atoms with Crippen molar-refractivity contribution in [2.75, 3.05) is 19.8 Å². The van der Waals surface area contributed by atoms with Crippen LogP contribution in [0.15, 0.2) is 54.7 Å². The lowest BCUT2D eigenvalue weighted by atomic mass is 9.98. The first kappa shape index (κ1) is 19.3. The van der Waals surface area contributed by atoms with Gasteiger partial charge in [-0.3, -0.25) is 0 Å². The fourth-order valence-corrected chi connectivity index (χ4v) is 4.27. The molecule has 9 heteroatoms. The molecule has 0 radical (unpaired) electrons. The zero-order chi connectivity index (χ0) is 21.4. The first-order chi connectivity index (χ1) is 15.1. The number of hydrogen-bond donors (Lipinski definition) is 2. The molecule has 0 saturated carbocycles. The van der Waals surface area contributed by atoms with Crippen molar-refractivity contribution in [3.63, 3.8) is 0 Å². The van der Waals surface area contributed by atoms with E-state index in [2.05, 4.69) is 39.9 Å². The quantitative estimate of drug-likeness (QED) is 0.651. The number of carboxylic acid groups (broad SMARTS) is 1. The molecule has 31 heavy (non-hydrogen) atoms. The number of nitrogens with one attached hydrogen (secondary N) is 1. The molecule has 1 aliphatic heterocycles. The largest absolute Gasteiger partial charge is 0.476 e. The van der Waals surface area contributed by atoms with Gasteiger partial charge in [0.25, 0.3) is 0 Å². The summed E-state index contributed by atoms with van der Waals surface area (Å²) < 4.78 is 12.5. The summed E-state index contributed by atoms with van der Waals surface area (Å²) in [6, 6.07) is 15.5. The number of benzene rings is 2. The molecule has 1 aliphatic carbocycles. The highest BCUT2D eigenvalue weighted by Gasteiger charge is 2.34. The van der Waals surface area contributed by atoms with Crippen molar-refractivity contribution in [2.24, 2.45) is 0 Å². The van der Waals surface area contributed by atoms with Gasteiger partial charge >= 0.3 is 12.1 Å². The molecule has 0 unspecified atom stereocenters. The second-order valence-electron chi connectivity index (χ2n) is 7.57. The maximum Gasteiger partial charge on any atom is 0.407 e. The molecule has 0 bridgehead atoms. The summed E-state index contributed by atoms with van der Waals surface area (Å²) >= 11 is 0. The van der Waals surface area contributed by atoms with Crippen LogP contribution in [0.3, 0.4) is 0 Å². The molecule has 1 amide bonds. The average molecular weight is 420 g/mol. The van der Waals surface area contributed by atoms with E-state index in [1.165, 1.54) is 10.9 Å². The first-order valence-corrected chi connectivity index (χ1v) is 9.96. The highest BCUT2D eigenvalue weighted by atomic mass is 16.5. The predicted molar refractivity (Wildman–Crippen MR) is 109 cm³/mol. The van der Waals surface area contributed by atoms with Gasteiger partial charge in [0.15, 0.2) is 5.69 Å². The van der Waals surface area contributed by atoms with Gasteiger partial charge in [0.2, 0.25) is 0 Å². The van der Waals surface area contributed by atoms with Gasteiger partial charge in [-0.05, 0) is 22.3 Å². The summed E-state index contributed by atoms with van der Waals surface area (Å²) in [5.41, 5.74) is 4.45. The van der Waals surface area contributed by atoms with E-state index in [1.54, 1.807) is 0 Å². The van der Waals surface area contributed by atoms with Crippen LogP contribution in [0.4, 0.5) is 4.79 Å². The number of amides is 1. The third kappa shape index (κ3) is 3.53. The second kappa shape index (κ2) is 7.84. The number of carbonyl (C=O) groups is 2. The smallest absolute Gasteiger partial charge is 0.407 e. The van der Waals surface area contributed by atoms with Crippen molar-refractivity contribution < 1.29 is 24.2 Å². The minimum absolute atomic E-state index is 0.0257. The monoisotopic (exact) mass is 420 g/mol. The first-order valence-electron chi connectivity index (χ1n) is 9.96. The number of rotatable bonds is 5. The minimum Gasteiger partial charge on any atom is -0.476 e. The second-order valence-corrected chi connectivity index (χ2v) is 7.57. The van der Waals surface area contributed by atoms with E-state index in [4.69, 9.17) is 14.6 Å². The number of fused-ring (bicyclic) bond motifs is 3. The molecule has 9 nitrogen and oxygen atoms in total. The highest BCUT2D eigenvalue weighted by Crippen LogP contribution is 2.44. The van der Waals surface area contributed by atoms with Crippen LogP contribution < -0.4 is 5.32 Å². The van der Waals surface area contributed by atoms with Crippen LogP contribution in [0.5, 0.6) is 0 Å². The number of aromatic nitrogens is 3. The molecule has 0 spiro atoms. The van der Waals surface area contributed by atoms with Crippen molar-refractivity contribution in [3.8, 4) is 11.1 Å². The number of alkyl carbamates (subject to hydrolysis) is 1. The van der Waals surface area contributed by atoms with E-state index in [0.717, 1.165) is 22.3 Å². The van der Waals surface area contributed by atoms with Gasteiger partial charge in [0, 0.05) is 5.92 Å². The van der Waals surface area contributed by atoms with Crippen LogP contribution in [0, 0.1) is 0 Å². The van der Waals surface area contributed by atoms with Crippen LogP contribution in [0.25, 0.3) is 11.1 Å². The molecule has 158 valence electrons. The van der Waals surface area contributed by atoms with Crippen molar-refractivity contribution in [2.45, 2.75) is 18.0 Å². The lowest BCUT2D eigenvalue weighted by Gasteiger charge is -2.20. The van der Waals surface area contributed by atoms with Crippen molar-refractivity contribution in [1.82, 2.24) is 20.3 Å². The topological polar surface area (TPSA) is 116 Å². The van der Waals surface area contributed by atoms with Gasteiger partial charge in [-0.25, -0.2) is 14.3 Å². The molecule has 1 aromatic heterocycles. The Morgan fingerprint density at radius 2 is 1.77 bits per heavy atom. The van der Waals surface area contributed by atoms with E-state index in [1.807, 2.05) is 24.3 Å². The molecule has 2 heterocycles. The van der Waals surface area contributed by atoms with Gasteiger partial charge in [0.1, 0.15) is 6.61 Å². The number of hydrogen-bond acceptors (Lipinski definition) is 6. The number of nitrogens with zero attached hydrogens (tertiary/aromatic N) is 3. The Labute approximate surface area is 177 Å². The van der Waals surface area contributed by atoms with E-state index in [0.29, 0.717) is 0 Å². The van der Waals surface area contributed by atoms with Crippen molar-refractivity contribution in [3.05, 3.63) is 71.5 Å². The fourth-order valence-electron chi connectivity index (χ4n) is 4.27. The SMILES string of the molecule is O=C(N[C@H]1COC[C@H]1n1cc(C(=O)O)nn1)OCC1c2ccccc2-c2ccccc21. The Morgan fingerprint density at radius 1 is 1.10 bits per heavy atom. The zero-order valence-electron chi connectivity index (χ0n) is 16.5. The number of carbonyl (C=O) groups excluding carboxylic acids is 1. The van der Waals surface area contributed by atoms with Crippen LogP contribution >= 0.6 is 0 Å². The molecule has 2 atom stereocenters. The normalized spacial score (nSPS) is 19.6. The Hall–Kier alpha value is -3.72. The highest BCUT2D eigenvalue weighted by molar-refractivity contribution is 5.84. The van der Waals surface area contributed by atoms with Gasteiger partial charge in [-0.1, -0.05) is 53.7 Å². The van der Waals surface area contributed by atoms with Crippen LogP contribution in [0.2, 0.25) is 0 Å². The molecule has 3 aromatic rings. The number of aromatic carboxylic acids is 1. The molecule has 2 N–H and O–H groups in total. The number of ether oxygens (including phenoxy) is 2. The summed E-state index contributed by atoms with van der Waals surface area (Å²) in [7, 11) is 0. The van der Waals surface area contributed by atoms with Gasteiger partial charge in [-0.15, -0.1) is 5.10 Å². The summed E-state index contributed by atoms with van der Waals surface area (Å²) in [6.45, 7) is 0.776. The maximum atomic E-state index is 12.5. The summed E-state index contributed by atoms with van der Waals surface area (Å²) in [5, 5.41) is 19.3. The lowest BCUT2D eigenvalue weighted by molar-refractivity contribution is 0.0690. The van der Waals surface area contributed by atoms with E-state index < -0.39 is 18.1 Å². The van der Waals surface area contributed by atoms with Gasteiger partial charge < -0.3 is 19.9 Å². The van der Waals surface area contributed by atoms with Crippen LogP contribution in [-0.4, -0.2) is 58.0 Å². The molecular weight excluding hydrogens is 400 g/mol.